The van der Waals surface area contributed by atoms with Gasteiger partial charge in [-0.05, 0) is 37.6 Å². The van der Waals surface area contributed by atoms with E-state index in [0.717, 1.165) is 54.3 Å². The number of fused-ring (bicyclic) bond motifs is 1. The molecule has 148 valence electrons. The molecule has 4 heterocycles. The zero-order valence-electron chi connectivity index (χ0n) is 16.1. The van der Waals surface area contributed by atoms with Crippen LogP contribution in [0.15, 0.2) is 53.4 Å². The van der Waals surface area contributed by atoms with Crippen LogP contribution in [0.3, 0.4) is 0 Å². The molecule has 0 spiro atoms. The number of methoxy groups -OCH3 is 1. The van der Waals surface area contributed by atoms with Gasteiger partial charge in [0.15, 0.2) is 0 Å². The van der Waals surface area contributed by atoms with Crippen molar-refractivity contribution in [1.29, 1.82) is 0 Å². The molecule has 2 N–H and O–H groups in total. The van der Waals surface area contributed by atoms with Crippen LogP contribution < -0.4 is 15.4 Å². The van der Waals surface area contributed by atoms with Gasteiger partial charge in [0, 0.05) is 30.5 Å². The highest BCUT2D eigenvalue weighted by Gasteiger charge is 2.20. The van der Waals surface area contributed by atoms with E-state index in [2.05, 4.69) is 20.6 Å². The Hall–Kier alpha value is -3.39. The summed E-state index contributed by atoms with van der Waals surface area (Å²) in [6.45, 7) is 1.98. The fourth-order valence-electron chi connectivity index (χ4n) is 3.72. The number of nitrogens with one attached hydrogen (secondary N) is 2. The largest absolute Gasteiger partial charge is 0.497 e. The summed E-state index contributed by atoms with van der Waals surface area (Å²) < 4.78 is 12.8. The van der Waals surface area contributed by atoms with Crippen molar-refractivity contribution in [3.63, 3.8) is 0 Å². The number of benzene rings is 1. The normalized spacial score (nSPS) is 16.8. The van der Waals surface area contributed by atoms with E-state index in [1.165, 1.54) is 0 Å². The molecule has 1 unspecified atom stereocenters. The second kappa shape index (κ2) is 7.56. The van der Waals surface area contributed by atoms with Crippen molar-refractivity contribution in [3.05, 3.63) is 49.0 Å². The lowest BCUT2D eigenvalue weighted by atomic mass is 10.1. The first-order valence-electron chi connectivity index (χ1n) is 9.72. The molecule has 0 radical (unpaired) electrons. The first-order chi connectivity index (χ1) is 14.3. The fourth-order valence-corrected chi connectivity index (χ4v) is 3.72. The Morgan fingerprint density at radius 2 is 2.24 bits per heavy atom. The SMILES string of the molecule is COc1cccc(-c2nc3occn3c2-c2ccnc(NC3CCCNC3)n2)c1. The fraction of sp³-hybridized carbons (Fsp3) is 0.286. The highest BCUT2D eigenvalue weighted by Crippen LogP contribution is 2.33. The Kier molecular flexibility index (Phi) is 4.61. The maximum atomic E-state index is 5.54. The lowest BCUT2D eigenvalue weighted by Gasteiger charge is -2.23. The molecule has 5 rings (SSSR count). The molecular formula is C21H22N6O2. The number of oxazole rings is 1. The monoisotopic (exact) mass is 390 g/mol. The molecule has 0 saturated carbocycles. The molecule has 1 aliphatic heterocycles. The second-order valence-corrected chi connectivity index (χ2v) is 7.05. The minimum Gasteiger partial charge on any atom is -0.497 e. The molecule has 1 aliphatic rings. The number of aromatic nitrogens is 4. The number of hydrogen-bond acceptors (Lipinski definition) is 7. The lowest BCUT2D eigenvalue weighted by Crippen LogP contribution is -2.38. The molecule has 0 bridgehead atoms. The summed E-state index contributed by atoms with van der Waals surface area (Å²) in [5.74, 6) is 1.90. The van der Waals surface area contributed by atoms with Gasteiger partial charge in [0.2, 0.25) is 5.95 Å². The molecule has 1 saturated heterocycles. The van der Waals surface area contributed by atoms with Gasteiger partial charge in [-0.2, -0.15) is 4.98 Å². The van der Waals surface area contributed by atoms with Gasteiger partial charge >= 0.3 is 5.84 Å². The van der Waals surface area contributed by atoms with Crippen LogP contribution in [0.25, 0.3) is 28.5 Å². The van der Waals surface area contributed by atoms with E-state index in [1.807, 2.05) is 40.9 Å². The zero-order valence-corrected chi connectivity index (χ0v) is 16.1. The van der Waals surface area contributed by atoms with Crippen molar-refractivity contribution in [2.45, 2.75) is 18.9 Å². The van der Waals surface area contributed by atoms with Crippen LogP contribution >= 0.6 is 0 Å². The van der Waals surface area contributed by atoms with E-state index in [1.54, 1.807) is 19.6 Å². The number of hydrogen-bond donors (Lipinski definition) is 2. The number of imidazole rings is 1. The van der Waals surface area contributed by atoms with Crippen LogP contribution in [0.4, 0.5) is 5.95 Å². The standard InChI is InChI=1S/C21H22N6O2/c1-28-16-6-2-4-14(12-16)18-19(27-10-11-29-21(27)26-18)17-7-9-23-20(25-17)24-15-5-3-8-22-13-15/h2,4,6-7,9-12,15,22H,3,5,8,13H2,1H3,(H,23,24,25). The van der Waals surface area contributed by atoms with Crippen molar-refractivity contribution in [2.24, 2.45) is 0 Å². The topological polar surface area (TPSA) is 89.5 Å². The van der Waals surface area contributed by atoms with Crippen LogP contribution in [0.2, 0.25) is 0 Å². The van der Waals surface area contributed by atoms with Crippen LogP contribution in [-0.4, -0.2) is 45.6 Å². The molecule has 8 nitrogen and oxygen atoms in total. The Labute approximate surface area is 168 Å². The summed E-state index contributed by atoms with van der Waals surface area (Å²) in [5, 5.41) is 6.85. The molecule has 0 amide bonds. The minimum absolute atomic E-state index is 0.330. The van der Waals surface area contributed by atoms with Gasteiger partial charge in [-0.1, -0.05) is 12.1 Å². The van der Waals surface area contributed by atoms with Crippen LogP contribution in [0, 0.1) is 0 Å². The Morgan fingerprint density at radius 1 is 1.28 bits per heavy atom. The summed E-state index contributed by atoms with van der Waals surface area (Å²) in [6, 6.07) is 10.0. The summed E-state index contributed by atoms with van der Waals surface area (Å²) >= 11 is 0. The van der Waals surface area contributed by atoms with Gasteiger partial charge in [0.25, 0.3) is 0 Å². The minimum atomic E-state index is 0.330. The van der Waals surface area contributed by atoms with E-state index < -0.39 is 0 Å². The molecule has 0 aliphatic carbocycles. The predicted octanol–water partition coefficient (Wildman–Crippen LogP) is 3.22. The Morgan fingerprint density at radius 3 is 3.10 bits per heavy atom. The number of rotatable bonds is 5. The average molecular weight is 390 g/mol. The third-order valence-corrected chi connectivity index (χ3v) is 5.13. The first kappa shape index (κ1) is 17.7. The van der Waals surface area contributed by atoms with Gasteiger partial charge in [-0.3, -0.25) is 4.40 Å². The molecule has 4 aromatic rings. The zero-order chi connectivity index (χ0) is 19.6. The van der Waals surface area contributed by atoms with Gasteiger partial charge < -0.3 is 19.8 Å². The van der Waals surface area contributed by atoms with Gasteiger partial charge in [-0.15, -0.1) is 0 Å². The van der Waals surface area contributed by atoms with E-state index in [0.29, 0.717) is 17.8 Å². The Bertz CT molecular complexity index is 1130. The molecule has 1 aromatic carbocycles. The van der Waals surface area contributed by atoms with Crippen molar-refractivity contribution < 1.29 is 9.15 Å². The second-order valence-electron chi connectivity index (χ2n) is 7.05. The predicted molar refractivity (Wildman–Crippen MR) is 110 cm³/mol. The molecule has 1 fully saturated rings. The third kappa shape index (κ3) is 3.42. The van der Waals surface area contributed by atoms with Gasteiger partial charge in [-0.25, -0.2) is 9.97 Å². The van der Waals surface area contributed by atoms with Crippen molar-refractivity contribution >= 4 is 11.8 Å². The quantitative estimate of drug-likeness (QED) is 0.541. The summed E-state index contributed by atoms with van der Waals surface area (Å²) in [7, 11) is 1.65. The smallest absolute Gasteiger partial charge is 0.306 e. The highest BCUT2D eigenvalue weighted by atomic mass is 16.5. The van der Waals surface area contributed by atoms with Crippen molar-refractivity contribution in [3.8, 4) is 28.4 Å². The Balaban J connectivity index is 1.57. The summed E-state index contributed by atoms with van der Waals surface area (Å²) in [5.41, 5.74) is 3.35. The van der Waals surface area contributed by atoms with E-state index >= 15 is 0 Å². The number of ether oxygens (including phenoxy) is 1. The molecule has 8 heteroatoms. The third-order valence-electron chi connectivity index (χ3n) is 5.13. The molecule has 3 aromatic heterocycles. The highest BCUT2D eigenvalue weighted by molar-refractivity contribution is 5.80. The number of nitrogens with zero attached hydrogens (tertiary/aromatic N) is 4. The lowest BCUT2D eigenvalue weighted by molar-refractivity contribution is 0.415. The average Bonchev–Trinajstić information content (AvgIpc) is 3.36. The maximum absolute atomic E-state index is 5.54. The van der Waals surface area contributed by atoms with Crippen LogP contribution in [0.1, 0.15) is 12.8 Å². The molecule has 29 heavy (non-hydrogen) atoms. The van der Waals surface area contributed by atoms with Crippen molar-refractivity contribution in [1.82, 2.24) is 24.7 Å². The molecular weight excluding hydrogens is 368 g/mol. The molecule has 1 atom stereocenters. The van der Waals surface area contributed by atoms with E-state index in [9.17, 15) is 0 Å². The first-order valence-corrected chi connectivity index (χ1v) is 9.72. The number of anilines is 1. The van der Waals surface area contributed by atoms with Gasteiger partial charge in [0.05, 0.1) is 12.8 Å². The van der Waals surface area contributed by atoms with Crippen LogP contribution in [0.5, 0.6) is 5.75 Å². The van der Waals surface area contributed by atoms with Gasteiger partial charge in [0.1, 0.15) is 23.4 Å². The summed E-state index contributed by atoms with van der Waals surface area (Å²) in [6.07, 6.45) is 7.50. The maximum Gasteiger partial charge on any atom is 0.306 e. The van der Waals surface area contributed by atoms with E-state index in [-0.39, 0.29) is 0 Å². The van der Waals surface area contributed by atoms with Crippen molar-refractivity contribution in [2.75, 3.05) is 25.5 Å². The number of piperidine rings is 1. The van der Waals surface area contributed by atoms with Crippen LogP contribution in [-0.2, 0) is 0 Å². The van der Waals surface area contributed by atoms with E-state index in [4.69, 9.17) is 14.1 Å². The summed E-state index contributed by atoms with van der Waals surface area (Å²) in [4.78, 5) is 13.9.